The first-order chi connectivity index (χ1) is 10.2. The van der Waals surface area contributed by atoms with E-state index in [0.717, 1.165) is 31.9 Å². The Morgan fingerprint density at radius 1 is 1.29 bits per heavy atom. The first-order valence-electron chi connectivity index (χ1n) is 8.38. The molecule has 2 heterocycles. The summed E-state index contributed by atoms with van der Waals surface area (Å²) in [6.07, 6.45) is 5.82. The summed E-state index contributed by atoms with van der Waals surface area (Å²) in [6, 6.07) is 8.96. The monoisotopic (exact) mass is 289 g/mol. The lowest BCUT2D eigenvalue weighted by Gasteiger charge is -2.32. The number of fused-ring (bicyclic) bond motifs is 1. The summed E-state index contributed by atoms with van der Waals surface area (Å²) in [5.74, 6) is 1.54. The van der Waals surface area contributed by atoms with Crippen LogP contribution in [-0.4, -0.2) is 41.8 Å². The predicted molar refractivity (Wildman–Crippen MR) is 84.8 cm³/mol. The summed E-state index contributed by atoms with van der Waals surface area (Å²) in [4.78, 5) is 2.61. The Hall–Kier alpha value is -1.06. The fourth-order valence-corrected chi connectivity index (χ4v) is 3.80. The highest BCUT2D eigenvalue weighted by Gasteiger charge is 2.29. The third-order valence-electron chi connectivity index (χ3n) is 4.87. The van der Waals surface area contributed by atoms with Gasteiger partial charge in [-0.15, -0.1) is 0 Å². The van der Waals surface area contributed by atoms with E-state index in [2.05, 4.69) is 23.1 Å². The zero-order valence-corrected chi connectivity index (χ0v) is 13.0. The van der Waals surface area contributed by atoms with Gasteiger partial charge in [0.25, 0.3) is 0 Å². The fraction of sp³-hybridized carbons (Fsp3) is 0.667. The standard InChI is InChI=1S/C18H27NO2/c1-14(20)11-16-7-3-2-6-10-19(16)12-15-13-21-18-9-5-4-8-17(15)18/h4-5,8-9,14-16,20H,2-3,6-7,10-13H2,1H3. The average Bonchev–Trinajstić information content (AvgIpc) is 2.75. The normalized spacial score (nSPS) is 27.7. The number of nitrogens with zero attached hydrogens (tertiary/aromatic N) is 1. The molecule has 3 unspecified atom stereocenters. The first-order valence-corrected chi connectivity index (χ1v) is 8.38. The van der Waals surface area contributed by atoms with Crippen LogP contribution in [-0.2, 0) is 0 Å². The Morgan fingerprint density at radius 3 is 3.00 bits per heavy atom. The van der Waals surface area contributed by atoms with E-state index < -0.39 is 0 Å². The van der Waals surface area contributed by atoms with Crippen LogP contribution in [0.5, 0.6) is 5.75 Å². The summed E-state index contributed by atoms with van der Waals surface area (Å²) >= 11 is 0. The van der Waals surface area contributed by atoms with Crippen LogP contribution < -0.4 is 4.74 Å². The van der Waals surface area contributed by atoms with E-state index in [1.807, 2.05) is 13.0 Å². The van der Waals surface area contributed by atoms with Crippen molar-refractivity contribution < 1.29 is 9.84 Å². The zero-order chi connectivity index (χ0) is 14.7. The molecular formula is C18H27NO2. The number of benzene rings is 1. The van der Waals surface area contributed by atoms with E-state index in [0.29, 0.717) is 12.0 Å². The lowest BCUT2D eigenvalue weighted by atomic mass is 9.98. The second-order valence-electron chi connectivity index (χ2n) is 6.63. The molecule has 2 aliphatic heterocycles. The minimum Gasteiger partial charge on any atom is -0.493 e. The summed E-state index contributed by atoms with van der Waals surface area (Å²) in [7, 11) is 0. The van der Waals surface area contributed by atoms with Gasteiger partial charge in [-0.2, -0.15) is 0 Å². The average molecular weight is 289 g/mol. The van der Waals surface area contributed by atoms with E-state index >= 15 is 0 Å². The van der Waals surface area contributed by atoms with E-state index in [1.165, 1.54) is 31.2 Å². The molecule has 0 radical (unpaired) electrons. The van der Waals surface area contributed by atoms with Gasteiger partial charge in [-0.3, -0.25) is 4.90 Å². The molecule has 1 fully saturated rings. The molecule has 3 rings (SSSR count). The number of likely N-dealkylation sites (tertiary alicyclic amines) is 1. The Balaban J connectivity index is 1.69. The van der Waals surface area contributed by atoms with Crippen LogP contribution in [0.2, 0.25) is 0 Å². The second kappa shape index (κ2) is 6.80. The van der Waals surface area contributed by atoms with Gasteiger partial charge in [0.2, 0.25) is 0 Å². The van der Waals surface area contributed by atoms with Crippen LogP contribution in [0.3, 0.4) is 0 Å². The molecule has 3 heteroatoms. The van der Waals surface area contributed by atoms with Crippen molar-refractivity contribution in [2.45, 2.75) is 57.1 Å². The molecule has 1 N–H and O–H groups in total. The Bertz CT molecular complexity index is 460. The summed E-state index contributed by atoms with van der Waals surface area (Å²) in [5.41, 5.74) is 1.36. The maximum absolute atomic E-state index is 9.78. The van der Waals surface area contributed by atoms with Crippen molar-refractivity contribution in [3.05, 3.63) is 29.8 Å². The van der Waals surface area contributed by atoms with Crippen molar-refractivity contribution in [1.82, 2.24) is 4.90 Å². The number of hydrogen-bond donors (Lipinski definition) is 1. The predicted octanol–water partition coefficient (Wildman–Crippen LogP) is 3.18. The van der Waals surface area contributed by atoms with Crippen molar-refractivity contribution in [2.75, 3.05) is 19.7 Å². The van der Waals surface area contributed by atoms with Crippen LogP contribution in [0.4, 0.5) is 0 Å². The highest BCUT2D eigenvalue weighted by atomic mass is 16.5. The Morgan fingerprint density at radius 2 is 2.14 bits per heavy atom. The number of hydrogen-bond acceptors (Lipinski definition) is 3. The molecule has 1 aromatic carbocycles. The van der Waals surface area contributed by atoms with Gasteiger partial charge in [-0.1, -0.05) is 31.0 Å². The van der Waals surface area contributed by atoms with Gasteiger partial charge in [0.15, 0.2) is 0 Å². The third-order valence-corrected chi connectivity index (χ3v) is 4.87. The molecule has 3 atom stereocenters. The number of ether oxygens (including phenoxy) is 1. The quantitative estimate of drug-likeness (QED) is 0.924. The van der Waals surface area contributed by atoms with Crippen molar-refractivity contribution in [2.24, 2.45) is 0 Å². The van der Waals surface area contributed by atoms with Crippen molar-refractivity contribution in [3.63, 3.8) is 0 Å². The molecule has 0 spiro atoms. The molecule has 0 saturated carbocycles. The molecule has 3 nitrogen and oxygen atoms in total. The summed E-state index contributed by atoms with van der Waals surface area (Å²) in [6.45, 7) is 4.94. The summed E-state index contributed by atoms with van der Waals surface area (Å²) < 4.78 is 5.82. The van der Waals surface area contributed by atoms with Crippen molar-refractivity contribution in [1.29, 1.82) is 0 Å². The molecule has 1 aromatic rings. The van der Waals surface area contributed by atoms with Gasteiger partial charge in [0.05, 0.1) is 12.7 Å². The number of rotatable bonds is 4. The smallest absolute Gasteiger partial charge is 0.122 e. The summed E-state index contributed by atoms with van der Waals surface area (Å²) in [5, 5.41) is 9.78. The Kier molecular flexibility index (Phi) is 4.81. The molecular weight excluding hydrogens is 262 g/mol. The van der Waals surface area contributed by atoms with Gasteiger partial charge in [0.1, 0.15) is 5.75 Å². The highest BCUT2D eigenvalue weighted by molar-refractivity contribution is 5.39. The molecule has 0 aliphatic carbocycles. The van der Waals surface area contributed by atoms with E-state index in [1.54, 1.807) is 0 Å². The molecule has 116 valence electrons. The molecule has 0 amide bonds. The number of para-hydroxylation sites is 1. The maximum atomic E-state index is 9.78. The second-order valence-corrected chi connectivity index (χ2v) is 6.63. The lowest BCUT2D eigenvalue weighted by Crippen LogP contribution is -2.39. The maximum Gasteiger partial charge on any atom is 0.122 e. The fourth-order valence-electron chi connectivity index (χ4n) is 3.80. The van der Waals surface area contributed by atoms with E-state index in [-0.39, 0.29) is 6.10 Å². The van der Waals surface area contributed by atoms with Gasteiger partial charge in [-0.05, 0) is 38.8 Å². The van der Waals surface area contributed by atoms with Crippen LogP contribution in [0.1, 0.15) is 50.5 Å². The van der Waals surface area contributed by atoms with Gasteiger partial charge in [-0.25, -0.2) is 0 Å². The van der Waals surface area contributed by atoms with E-state index in [9.17, 15) is 5.11 Å². The molecule has 2 aliphatic rings. The molecule has 0 bridgehead atoms. The zero-order valence-electron chi connectivity index (χ0n) is 13.0. The van der Waals surface area contributed by atoms with Crippen LogP contribution in [0, 0.1) is 0 Å². The molecule has 21 heavy (non-hydrogen) atoms. The first kappa shape index (κ1) is 14.9. The lowest BCUT2D eigenvalue weighted by molar-refractivity contribution is 0.106. The van der Waals surface area contributed by atoms with Crippen molar-refractivity contribution in [3.8, 4) is 5.75 Å². The SMILES string of the molecule is CC(O)CC1CCCCCN1CC1COc2ccccc21. The highest BCUT2D eigenvalue weighted by Crippen LogP contribution is 2.35. The Labute approximate surface area is 127 Å². The minimum absolute atomic E-state index is 0.206. The van der Waals surface area contributed by atoms with Gasteiger partial charge < -0.3 is 9.84 Å². The molecule has 0 aromatic heterocycles. The minimum atomic E-state index is -0.206. The van der Waals surface area contributed by atoms with E-state index in [4.69, 9.17) is 4.74 Å². The van der Waals surface area contributed by atoms with Gasteiger partial charge in [0, 0.05) is 24.1 Å². The van der Waals surface area contributed by atoms with Gasteiger partial charge >= 0.3 is 0 Å². The topological polar surface area (TPSA) is 32.7 Å². The number of aliphatic hydroxyl groups excluding tert-OH is 1. The number of aliphatic hydroxyl groups is 1. The largest absolute Gasteiger partial charge is 0.493 e. The molecule has 1 saturated heterocycles. The van der Waals surface area contributed by atoms with Crippen LogP contribution >= 0.6 is 0 Å². The van der Waals surface area contributed by atoms with Crippen molar-refractivity contribution >= 4 is 0 Å². The van der Waals surface area contributed by atoms with Crippen LogP contribution in [0.25, 0.3) is 0 Å². The third kappa shape index (κ3) is 3.58. The van der Waals surface area contributed by atoms with Crippen LogP contribution in [0.15, 0.2) is 24.3 Å².